The number of benzene rings is 2. The van der Waals surface area contributed by atoms with E-state index in [-0.39, 0.29) is 23.5 Å². The smallest absolute Gasteiger partial charge is 0.297 e. The number of carbonyl (C=O) groups excluding carboxylic acids is 1. The molecule has 0 spiro atoms. The van der Waals surface area contributed by atoms with Crippen molar-refractivity contribution < 1.29 is 9.21 Å². The minimum atomic E-state index is -0.362. The van der Waals surface area contributed by atoms with E-state index in [0.29, 0.717) is 16.7 Å². The van der Waals surface area contributed by atoms with E-state index in [1.165, 1.54) is 10.9 Å². The number of hydrogen-bond donors (Lipinski definition) is 1. The van der Waals surface area contributed by atoms with Gasteiger partial charge in [-0.05, 0) is 18.2 Å². The van der Waals surface area contributed by atoms with Crippen molar-refractivity contribution in [1.82, 2.24) is 14.5 Å². The minimum Gasteiger partial charge on any atom is -0.448 e. The Morgan fingerprint density at radius 3 is 2.73 bits per heavy atom. The highest BCUT2D eigenvalue weighted by Gasteiger charge is 2.17. The molecule has 0 fully saturated rings. The van der Waals surface area contributed by atoms with E-state index in [9.17, 15) is 9.59 Å². The number of para-hydroxylation sites is 2. The lowest BCUT2D eigenvalue weighted by Gasteiger charge is -2.03. The molecule has 1 N–H and O–H groups in total. The number of aromatic amines is 1. The van der Waals surface area contributed by atoms with Gasteiger partial charge in [-0.2, -0.15) is 0 Å². The van der Waals surface area contributed by atoms with Gasteiger partial charge in [-0.3, -0.25) is 14.2 Å². The SMILES string of the molecule is O=C(Cn1cnc2c(oc3ccccc32)c1=O)c1c[nH]c2ccccc12. The van der Waals surface area contributed by atoms with Crippen molar-refractivity contribution in [3.63, 3.8) is 0 Å². The zero-order valence-corrected chi connectivity index (χ0v) is 13.6. The Hall–Kier alpha value is -3.67. The van der Waals surface area contributed by atoms with Gasteiger partial charge in [0, 0.05) is 28.0 Å². The third-order valence-electron chi connectivity index (χ3n) is 4.55. The van der Waals surface area contributed by atoms with Crippen LogP contribution in [0.4, 0.5) is 0 Å². The summed E-state index contributed by atoms with van der Waals surface area (Å²) in [5.41, 5.74) is 2.36. The van der Waals surface area contributed by atoms with Crippen LogP contribution >= 0.6 is 0 Å². The molecule has 126 valence electrons. The molecule has 3 aromatic heterocycles. The van der Waals surface area contributed by atoms with E-state index in [0.717, 1.165) is 16.3 Å². The molecule has 0 amide bonds. The number of ketones is 1. The van der Waals surface area contributed by atoms with E-state index >= 15 is 0 Å². The summed E-state index contributed by atoms with van der Waals surface area (Å²) in [6.07, 6.45) is 3.07. The molecule has 0 unspecified atom stereocenters. The van der Waals surface area contributed by atoms with Crippen LogP contribution < -0.4 is 5.56 Å². The fraction of sp³-hybridized carbons (Fsp3) is 0.0500. The molecule has 0 atom stereocenters. The maximum atomic E-state index is 12.7. The zero-order valence-electron chi connectivity index (χ0n) is 13.6. The predicted octanol–water partition coefficient (Wildman–Crippen LogP) is 3.51. The topological polar surface area (TPSA) is 80.9 Å². The van der Waals surface area contributed by atoms with Crippen molar-refractivity contribution in [2.24, 2.45) is 0 Å². The second-order valence-corrected chi connectivity index (χ2v) is 6.12. The molecule has 0 saturated heterocycles. The number of furan rings is 1. The van der Waals surface area contributed by atoms with Crippen molar-refractivity contribution in [3.8, 4) is 0 Å². The minimum absolute atomic E-state index is 0.0966. The lowest BCUT2D eigenvalue weighted by molar-refractivity contribution is 0.0972. The number of aromatic nitrogens is 3. The number of rotatable bonds is 3. The molecule has 2 aromatic carbocycles. The van der Waals surface area contributed by atoms with E-state index < -0.39 is 0 Å². The van der Waals surface area contributed by atoms with Crippen LogP contribution in [-0.2, 0) is 6.54 Å². The molecule has 26 heavy (non-hydrogen) atoms. The summed E-state index contributed by atoms with van der Waals surface area (Å²) in [6, 6.07) is 14.9. The van der Waals surface area contributed by atoms with Gasteiger partial charge in [0.25, 0.3) is 5.56 Å². The number of hydrogen-bond acceptors (Lipinski definition) is 4. The summed E-state index contributed by atoms with van der Waals surface area (Å²) >= 11 is 0. The molecule has 0 saturated carbocycles. The molecule has 0 aliphatic carbocycles. The molecule has 0 radical (unpaired) electrons. The summed E-state index contributed by atoms with van der Waals surface area (Å²) in [4.78, 5) is 32.9. The fourth-order valence-electron chi connectivity index (χ4n) is 3.27. The number of nitrogens with one attached hydrogen (secondary N) is 1. The maximum Gasteiger partial charge on any atom is 0.297 e. The number of fused-ring (bicyclic) bond motifs is 4. The number of carbonyl (C=O) groups is 1. The van der Waals surface area contributed by atoms with Gasteiger partial charge in [-0.15, -0.1) is 0 Å². The number of H-pyrrole nitrogens is 1. The third kappa shape index (κ3) is 2.09. The van der Waals surface area contributed by atoms with Crippen molar-refractivity contribution in [2.45, 2.75) is 6.54 Å². The molecular weight excluding hydrogens is 330 g/mol. The van der Waals surface area contributed by atoms with Gasteiger partial charge in [0.05, 0.1) is 12.9 Å². The Bertz CT molecular complexity index is 1360. The average molecular weight is 343 g/mol. The highest BCUT2D eigenvalue weighted by molar-refractivity contribution is 6.08. The van der Waals surface area contributed by atoms with Gasteiger partial charge in [-0.25, -0.2) is 4.98 Å². The molecule has 3 heterocycles. The first-order chi connectivity index (χ1) is 12.7. The molecular formula is C20H13N3O3. The first-order valence-electron chi connectivity index (χ1n) is 8.18. The quantitative estimate of drug-likeness (QED) is 0.508. The fourth-order valence-corrected chi connectivity index (χ4v) is 3.27. The van der Waals surface area contributed by atoms with Crippen LogP contribution in [0.1, 0.15) is 10.4 Å². The number of Topliss-reactive ketones (excluding diaryl/α,β-unsaturated/α-hetero) is 1. The highest BCUT2D eigenvalue weighted by Crippen LogP contribution is 2.24. The first kappa shape index (κ1) is 14.7. The molecule has 0 bridgehead atoms. The molecule has 5 aromatic rings. The van der Waals surface area contributed by atoms with Gasteiger partial charge in [-0.1, -0.05) is 30.3 Å². The number of nitrogens with zero attached hydrogens (tertiary/aromatic N) is 2. The molecule has 5 rings (SSSR count). The maximum absolute atomic E-state index is 12.7. The van der Waals surface area contributed by atoms with Crippen molar-refractivity contribution in [1.29, 1.82) is 0 Å². The second kappa shape index (κ2) is 5.42. The predicted molar refractivity (Wildman–Crippen MR) is 98.4 cm³/mol. The highest BCUT2D eigenvalue weighted by atomic mass is 16.3. The summed E-state index contributed by atoms with van der Waals surface area (Å²) in [5.74, 6) is -0.165. The molecule has 6 heteroatoms. The Morgan fingerprint density at radius 1 is 1.08 bits per heavy atom. The molecule has 0 aliphatic heterocycles. The molecule has 0 aliphatic rings. The molecule has 6 nitrogen and oxygen atoms in total. The lowest BCUT2D eigenvalue weighted by Crippen LogP contribution is -2.24. The summed E-state index contributed by atoms with van der Waals surface area (Å²) in [7, 11) is 0. The van der Waals surface area contributed by atoms with E-state index in [2.05, 4.69) is 9.97 Å². The van der Waals surface area contributed by atoms with E-state index in [1.54, 1.807) is 12.3 Å². The van der Waals surface area contributed by atoms with Crippen molar-refractivity contribution in [2.75, 3.05) is 0 Å². The Kier molecular flexibility index (Phi) is 3.05. The summed E-state index contributed by atoms with van der Waals surface area (Å²) < 4.78 is 6.94. The van der Waals surface area contributed by atoms with Crippen LogP contribution in [-0.4, -0.2) is 20.3 Å². The first-order valence-corrected chi connectivity index (χ1v) is 8.18. The van der Waals surface area contributed by atoms with Crippen LogP contribution in [0.3, 0.4) is 0 Å². The monoisotopic (exact) mass is 343 g/mol. The van der Waals surface area contributed by atoms with Crippen LogP contribution in [0.2, 0.25) is 0 Å². The normalized spacial score (nSPS) is 11.5. The summed E-state index contributed by atoms with van der Waals surface area (Å²) in [5, 5.41) is 1.62. The van der Waals surface area contributed by atoms with Gasteiger partial charge in [0.1, 0.15) is 11.1 Å². The summed E-state index contributed by atoms with van der Waals surface area (Å²) in [6.45, 7) is -0.0966. The average Bonchev–Trinajstić information content (AvgIpc) is 3.26. The standard InChI is InChI=1S/C20H13N3O3/c24-16(14-9-21-15-7-3-1-5-12(14)15)10-23-11-22-18-13-6-2-4-8-17(13)26-19(18)20(23)25/h1-9,11,21H,10H2. The Labute approximate surface area is 146 Å². The van der Waals surface area contributed by atoms with Crippen LogP contribution in [0.15, 0.2) is 70.3 Å². The largest absolute Gasteiger partial charge is 0.448 e. The zero-order chi connectivity index (χ0) is 17.7. The lowest BCUT2D eigenvalue weighted by atomic mass is 10.1. The Balaban J connectivity index is 1.59. The van der Waals surface area contributed by atoms with Crippen LogP contribution in [0.5, 0.6) is 0 Å². The van der Waals surface area contributed by atoms with Gasteiger partial charge in [0.2, 0.25) is 5.58 Å². The van der Waals surface area contributed by atoms with Crippen molar-refractivity contribution in [3.05, 3.63) is 77.0 Å². The van der Waals surface area contributed by atoms with Crippen LogP contribution in [0, 0.1) is 0 Å². The second-order valence-electron chi connectivity index (χ2n) is 6.12. The third-order valence-corrected chi connectivity index (χ3v) is 4.55. The van der Waals surface area contributed by atoms with Gasteiger partial charge in [0.15, 0.2) is 5.78 Å². The van der Waals surface area contributed by atoms with Gasteiger partial charge >= 0.3 is 0 Å². The van der Waals surface area contributed by atoms with E-state index in [1.807, 2.05) is 42.5 Å². The van der Waals surface area contributed by atoms with Gasteiger partial charge < -0.3 is 9.40 Å². The van der Waals surface area contributed by atoms with E-state index in [4.69, 9.17) is 4.42 Å². The van der Waals surface area contributed by atoms with Crippen LogP contribution in [0.25, 0.3) is 33.0 Å². The van der Waals surface area contributed by atoms with Crippen molar-refractivity contribution >= 4 is 38.8 Å². The Morgan fingerprint density at radius 2 is 1.85 bits per heavy atom.